The Balaban J connectivity index is 1.55. The van der Waals surface area contributed by atoms with E-state index in [1.807, 2.05) is 53.1 Å². The summed E-state index contributed by atoms with van der Waals surface area (Å²) in [7, 11) is 0. The van der Waals surface area contributed by atoms with E-state index in [9.17, 15) is 9.18 Å². The molecule has 4 aromatic rings. The molecule has 0 aliphatic carbocycles. The highest BCUT2D eigenvalue weighted by molar-refractivity contribution is 6.33. The molecular weight excluding hydrogens is 401 g/mol. The first-order valence-electron chi connectivity index (χ1n) is 9.85. The standard InChI is InChI=1S/C24H19ClFN3O/c25-18-8-2-5-11-21(18)28-15-17(13-23(28)30)24-27-20-10-4-6-12-22(20)29(24)14-16-7-1-3-9-19(16)26/h1-12,17H,13-15H2. The Labute approximate surface area is 178 Å². The second kappa shape index (κ2) is 7.58. The van der Waals surface area contributed by atoms with Crippen molar-refractivity contribution in [3.8, 4) is 0 Å². The van der Waals surface area contributed by atoms with Gasteiger partial charge in [-0.25, -0.2) is 9.37 Å². The number of hydrogen-bond acceptors (Lipinski definition) is 2. The molecule has 30 heavy (non-hydrogen) atoms. The van der Waals surface area contributed by atoms with Gasteiger partial charge in [0.1, 0.15) is 11.6 Å². The Morgan fingerprint density at radius 3 is 2.57 bits per heavy atom. The smallest absolute Gasteiger partial charge is 0.227 e. The zero-order valence-corrected chi connectivity index (χ0v) is 16.9. The molecule has 0 N–H and O–H groups in total. The number of carbonyl (C=O) groups excluding carboxylic acids is 1. The number of nitrogens with zero attached hydrogens (tertiary/aromatic N) is 3. The van der Waals surface area contributed by atoms with E-state index in [0.717, 1.165) is 16.9 Å². The number of imidazole rings is 1. The highest BCUT2D eigenvalue weighted by Crippen LogP contribution is 2.36. The van der Waals surface area contributed by atoms with Gasteiger partial charge in [0.2, 0.25) is 5.91 Å². The van der Waals surface area contributed by atoms with Gasteiger partial charge in [-0.1, -0.05) is 54.1 Å². The van der Waals surface area contributed by atoms with E-state index >= 15 is 0 Å². The minimum absolute atomic E-state index is 0.0117. The Morgan fingerprint density at radius 1 is 1.00 bits per heavy atom. The number of hydrogen-bond donors (Lipinski definition) is 0. The Hall–Kier alpha value is -3.18. The Morgan fingerprint density at radius 2 is 1.73 bits per heavy atom. The van der Waals surface area contributed by atoms with Crippen LogP contribution in [0.2, 0.25) is 5.02 Å². The molecule has 2 heterocycles. The third-order valence-electron chi connectivity index (χ3n) is 5.60. The van der Waals surface area contributed by atoms with Gasteiger partial charge in [-0.05, 0) is 30.3 Å². The summed E-state index contributed by atoms with van der Waals surface area (Å²) in [6, 6.07) is 21.9. The molecule has 0 spiro atoms. The fourth-order valence-electron chi connectivity index (χ4n) is 4.15. The molecule has 1 atom stereocenters. The van der Waals surface area contributed by atoms with Crippen molar-refractivity contribution in [2.45, 2.75) is 18.9 Å². The Bertz CT molecular complexity index is 1250. The maximum Gasteiger partial charge on any atom is 0.227 e. The fourth-order valence-corrected chi connectivity index (χ4v) is 4.39. The highest BCUT2D eigenvalue weighted by Gasteiger charge is 2.35. The fraction of sp³-hybridized carbons (Fsp3) is 0.167. The van der Waals surface area contributed by atoms with Crippen LogP contribution in [0.4, 0.5) is 10.1 Å². The number of aromatic nitrogens is 2. The molecule has 3 aromatic carbocycles. The summed E-state index contributed by atoms with van der Waals surface area (Å²) >= 11 is 6.33. The molecule has 0 saturated carbocycles. The van der Waals surface area contributed by atoms with Crippen LogP contribution in [0.1, 0.15) is 23.7 Å². The number of amides is 1. The number of anilines is 1. The second-order valence-corrected chi connectivity index (χ2v) is 7.90. The highest BCUT2D eigenvalue weighted by atomic mass is 35.5. The molecule has 1 aromatic heterocycles. The van der Waals surface area contributed by atoms with Crippen LogP contribution in [-0.2, 0) is 11.3 Å². The molecule has 1 saturated heterocycles. The van der Waals surface area contributed by atoms with Crippen LogP contribution in [0.5, 0.6) is 0 Å². The summed E-state index contributed by atoms with van der Waals surface area (Å²) in [5, 5.41) is 0.548. The first kappa shape index (κ1) is 18.8. The molecular formula is C24H19ClFN3O. The number of rotatable bonds is 4. The van der Waals surface area contributed by atoms with Gasteiger partial charge >= 0.3 is 0 Å². The first-order valence-corrected chi connectivity index (χ1v) is 10.2. The van der Waals surface area contributed by atoms with Crippen molar-refractivity contribution in [1.29, 1.82) is 0 Å². The van der Waals surface area contributed by atoms with E-state index in [-0.39, 0.29) is 17.6 Å². The van der Waals surface area contributed by atoms with Crippen LogP contribution >= 0.6 is 11.6 Å². The zero-order valence-electron chi connectivity index (χ0n) is 16.1. The van der Waals surface area contributed by atoms with Crippen LogP contribution in [0.25, 0.3) is 11.0 Å². The van der Waals surface area contributed by atoms with Gasteiger partial charge in [0.05, 0.1) is 28.3 Å². The van der Waals surface area contributed by atoms with E-state index in [0.29, 0.717) is 35.8 Å². The number of para-hydroxylation sites is 3. The van der Waals surface area contributed by atoms with Gasteiger partial charge in [0.25, 0.3) is 0 Å². The predicted octanol–water partition coefficient (Wildman–Crippen LogP) is 5.40. The van der Waals surface area contributed by atoms with Gasteiger partial charge in [0, 0.05) is 24.4 Å². The second-order valence-electron chi connectivity index (χ2n) is 7.49. The lowest BCUT2D eigenvalue weighted by molar-refractivity contribution is -0.117. The third kappa shape index (κ3) is 3.25. The molecule has 5 rings (SSSR count). The summed E-state index contributed by atoms with van der Waals surface area (Å²) in [5.41, 5.74) is 3.07. The van der Waals surface area contributed by atoms with Crippen molar-refractivity contribution in [2.24, 2.45) is 0 Å². The van der Waals surface area contributed by atoms with E-state index in [2.05, 4.69) is 0 Å². The first-order chi connectivity index (χ1) is 14.6. The molecule has 6 heteroatoms. The van der Waals surface area contributed by atoms with Gasteiger partial charge in [-0.3, -0.25) is 4.79 Å². The molecule has 150 valence electrons. The molecule has 1 unspecified atom stereocenters. The van der Waals surface area contributed by atoms with Gasteiger partial charge in [-0.15, -0.1) is 0 Å². The monoisotopic (exact) mass is 419 g/mol. The SMILES string of the molecule is O=C1CC(c2nc3ccccc3n2Cc2ccccc2F)CN1c1ccccc1Cl. The van der Waals surface area contributed by atoms with E-state index in [1.54, 1.807) is 23.1 Å². The van der Waals surface area contributed by atoms with Crippen LogP contribution in [0, 0.1) is 5.82 Å². The average Bonchev–Trinajstić information content (AvgIpc) is 3.31. The molecule has 1 aliphatic heterocycles. The van der Waals surface area contributed by atoms with Crippen molar-refractivity contribution in [1.82, 2.24) is 9.55 Å². The van der Waals surface area contributed by atoms with Crippen molar-refractivity contribution < 1.29 is 9.18 Å². The number of benzene rings is 3. The maximum atomic E-state index is 14.4. The molecule has 1 amide bonds. The van der Waals surface area contributed by atoms with Gasteiger partial charge in [-0.2, -0.15) is 0 Å². The summed E-state index contributed by atoms with van der Waals surface area (Å²) in [6.45, 7) is 0.850. The van der Waals surface area contributed by atoms with E-state index in [4.69, 9.17) is 16.6 Å². The topological polar surface area (TPSA) is 38.1 Å². The van der Waals surface area contributed by atoms with Gasteiger partial charge < -0.3 is 9.47 Å². The number of fused-ring (bicyclic) bond motifs is 1. The number of halogens is 2. The number of carbonyl (C=O) groups is 1. The van der Waals surface area contributed by atoms with Crippen molar-refractivity contribution in [3.05, 3.63) is 95.0 Å². The summed E-state index contributed by atoms with van der Waals surface area (Å²) in [6.07, 6.45) is 0.339. The maximum absolute atomic E-state index is 14.4. The van der Waals surface area contributed by atoms with E-state index in [1.165, 1.54) is 6.07 Å². The molecule has 0 radical (unpaired) electrons. The largest absolute Gasteiger partial charge is 0.323 e. The van der Waals surface area contributed by atoms with Crippen LogP contribution in [0.15, 0.2) is 72.8 Å². The normalized spacial score (nSPS) is 16.5. The van der Waals surface area contributed by atoms with Crippen molar-refractivity contribution in [3.63, 3.8) is 0 Å². The van der Waals surface area contributed by atoms with E-state index < -0.39 is 0 Å². The molecule has 1 aliphatic rings. The Kier molecular flexibility index (Phi) is 4.75. The zero-order chi connectivity index (χ0) is 20.7. The molecule has 4 nitrogen and oxygen atoms in total. The lowest BCUT2D eigenvalue weighted by atomic mass is 10.1. The van der Waals surface area contributed by atoms with Crippen LogP contribution in [-0.4, -0.2) is 22.0 Å². The summed E-state index contributed by atoms with van der Waals surface area (Å²) in [5.74, 6) is 0.453. The van der Waals surface area contributed by atoms with Crippen molar-refractivity contribution >= 4 is 34.2 Å². The minimum atomic E-state index is -0.249. The minimum Gasteiger partial charge on any atom is -0.323 e. The predicted molar refractivity (Wildman–Crippen MR) is 116 cm³/mol. The lowest BCUT2D eigenvalue weighted by Crippen LogP contribution is -2.24. The van der Waals surface area contributed by atoms with Crippen LogP contribution in [0.3, 0.4) is 0 Å². The van der Waals surface area contributed by atoms with Crippen LogP contribution < -0.4 is 4.90 Å². The van der Waals surface area contributed by atoms with Crippen molar-refractivity contribution in [2.75, 3.05) is 11.4 Å². The lowest BCUT2D eigenvalue weighted by Gasteiger charge is -2.18. The third-order valence-corrected chi connectivity index (χ3v) is 5.92. The summed E-state index contributed by atoms with van der Waals surface area (Å²) < 4.78 is 16.4. The molecule has 0 bridgehead atoms. The average molecular weight is 420 g/mol. The quantitative estimate of drug-likeness (QED) is 0.444. The molecule has 1 fully saturated rings. The summed E-state index contributed by atoms with van der Waals surface area (Å²) in [4.78, 5) is 19.4. The van der Waals surface area contributed by atoms with Gasteiger partial charge in [0.15, 0.2) is 0 Å².